The van der Waals surface area contributed by atoms with Crippen LogP contribution >= 0.6 is 0 Å². The van der Waals surface area contributed by atoms with Crippen molar-refractivity contribution in [3.05, 3.63) is 59.7 Å². The molecule has 6 nitrogen and oxygen atoms in total. The van der Waals surface area contributed by atoms with Gasteiger partial charge in [0.2, 0.25) is 5.91 Å². The number of carbonyl (C=O) groups is 1. The number of benzene rings is 2. The molecule has 2 aromatic rings. The number of nitrogens with two attached hydrogens (primary N) is 1. The minimum absolute atomic E-state index is 0.306. The lowest BCUT2D eigenvalue weighted by Crippen LogP contribution is -2.33. The highest BCUT2D eigenvalue weighted by atomic mass is 16.5. The number of hydrogen-bond acceptors (Lipinski definition) is 5. The second kappa shape index (κ2) is 7.62. The number of aliphatic hydroxyl groups excluding tert-OH is 2. The van der Waals surface area contributed by atoms with Gasteiger partial charge in [0.1, 0.15) is 12.7 Å². The number of amides is 1. The molecule has 122 valence electrons. The molecule has 0 aliphatic heterocycles. The lowest BCUT2D eigenvalue weighted by atomic mass is 10.0. The predicted octanol–water partition coefficient (Wildman–Crippen LogP) is 1.15. The molecule has 0 aliphatic carbocycles. The monoisotopic (exact) mass is 317 g/mol. The SMILES string of the molecule is COc1ccc(C(O)C(O)C(N)=O)cc1OCc1ccccc1. The molecule has 1 amide bonds. The molecule has 0 saturated carbocycles. The zero-order valence-corrected chi connectivity index (χ0v) is 12.7. The number of carbonyl (C=O) groups excluding carboxylic acids is 1. The first kappa shape index (κ1) is 16.8. The Labute approximate surface area is 134 Å². The van der Waals surface area contributed by atoms with E-state index in [-0.39, 0.29) is 0 Å². The number of aliphatic hydroxyl groups is 2. The molecular formula is C17H19NO5. The normalized spacial score (nSPS) is 13.2. The van der Waals surface area contributed by atoms with Crippen molar-refractivity contribution in [2.45, 2.75) is 18.8 Å². The first-order valence-electron chi connectivity index (χ1n) is 7.03. The molecule has 23 heavy (non-hydrogen) atoms. The van der Waals surface area contributed by atoms with Crippen LogP contribution in [0.3, 0.4) is 0 Å². The third-order valence-electron chi connectivity index (χ3n) is 3.36. The van der Waals surface area contributed by atoms with Gasteiger partial charge in [-0.2, -0.15) is 0 Å². The van der Waals surface area contributed by atoms with Gasteiger partial charge in [-0.05, 0) is 23.3 Å². The summed E-state index contributed by atoms with van der Waals surface area (Å²) in [7, 11) is 1.50. The first-order valence-corrected chi connectivity index (χ1v) is 7.03. The Morgan fingerprint density at radius 2 is 1.83 bits per heavy atom. The predicted molar refractivity (Wildman–Crippen MR) is 83.9 cm³/mol. The molecule has 2 unspecified atom stereocenters. The molecule has 0 heterocycles. The number of primary amides is 1. The molecule has 0 saturated heterocycles. The molecule has 0 radical (unpaired) electrons. The van der Waals surface area contributed by atoms with Crippen LogP contribution in [0.25, 0.3) is 0 Å². The largest absolute Gasteiger partial charge is 0.493 e. The fourth-order valence-electron chi connectivity index (χ4n) is 2.06. The van der Waals surface area contributed by atoms with Crippen LogP contribution in [0.4, 0.5) is 0 Å². The molecule has 0 aliphatic rings. The van der Waals surface area contributed by atoms with Crippen molar-refractivity contribution < 1.29 is 24.5 Å². The Bertz CT molecular complexity index is 659. The number of rotatable bonds is 7. The molecule has 2 atom stereocenters. The van der Waals surface area contributed by atoms with Gasteiger partial charge >= 0.3 is 0 Å². The number of ether oxygens (including phenoxy) is 2. The van der Waals surface area contributed by atoms with E-state index in [0.717, 1.165) is 5.56 Å². The highest BCUT2D eigenvalue weighted by Crippen LogP contribution is 2.31. The zero-order valence-electron chi connectivity index (χ0n) is 12.7. The Kier molecular flexibility index (Phi) is 5.56. The Balaban J connectivity index is 2.20. The molecular weight excluding hydrogens is 298 g/mol. The highest BCUT2D eigenvalue weighted by Gasteiger charge is 2.24. The minimum atomic E-state index is -1.69. The van der Waals surface area contributed by atoms with Crippen LogP contribution in [0.5, 0.6) is 11.5 Å². The van der Waals surface area contributed by atoms with E-state index in [1.54, 1.807) is 6.07 Å². The van der Waals surface area contributed by atoms with E-state index < -0.39 is 18.1 Å². The van der Waals surface area contributed by atoms with Crippen molar-refractivity contribution in [1.29, 1.82) is 0 Å². The Hall–Kier alpha value is -2.57. The van der Waals surface area contributed by atoms with Gasteiger partial charge in [-0.1, -0.05) is 36.4 Å². The van der Waals surface area contributed by atoms with Gasteiger partial charge in [0.25, 0.3) is 0 Å². The van der Waals surface area contributed by atoms with Gasteiger partial charge in [-0.15, -0.1) is 0 Å². The van der Waals surface area contributed by atoms with E-state index in [9.17, 15) is 15.0 Å². The van der Waals surface area contributed by atoms with Crippen molar-refractivity contribution in [2.24, 2.45) is 5.73 Å². The molecule has 0 spiro atoms. The first-order chi connectivity index (χ1) is 11.0. The van der Waals surface area contributed by atoms with Gasteiger partial charge < -0.3 is 25.4 Å². The minimum Gasteiger partial charge on any atom is -0.493 e. The van der Waals surface area contributed by atoms with E-state index >= 15 is 0 Å². The number of hydrogen-bond donors (Lipinski definition) is 3. The summed E-state index contributed by atoms with van der Waals surface area (Å²) in [5.74, 6) is -0.130. The van der Waals surface area contributed by atoms with Crippen LogP contribution in [0.15, 0.2) is 48.5 Å². The maximum atomic E-state index is 11.0. The van der Waals surface area contributed by atoms with Crippen molar-refractivity contribution in [1.82, 2.24) is 0 Å². The average Bonchev–Trinajstić information content (AvgIpc) is 2.59. The summed E-state index contributed by atoms with van der Waals surface area (Å²) < 4.78 is 10.9. The van der Waals surface area contributed by atoms with Crippen molar-refractivity contribution in [3.8, 4) is 11.5 Å². The Morgan fingerprint density at radius 1 is 1.13 bits per heavy atom. The second-order valence-corrected chi connectivity index (χ2v) is 4.98. The topological polar surface area (TPSA) is 102 Å². The average molecular weight is 317 g/mol. The van der Waals surface area contributed by atoms with Crippen molar-refractivity contribution >= 4 is 5.91 Å². The summed E-state index contributed by atoms with van der Waals surface area (Å²) in [5.41, 5.74) is 6.27. The number of methoxy groups -OCH3 is 1. The van der Waals surface area contributed by atoms with Crippen LogP contribution in [0, 0.1) is 0 Å². The van der Waals surface area contributed by atoms with Gasteiger partial charge in [0.15, 0.2) is 17.6 Å². The van der Waals surface area contributed by atoms with Crippen LogP contribution in [0.2, 0.25) is 0 Å². The smallest absolute Gasteiger partial charge is 0.249 e. The van der Waals surface area contributed by atoms with Crippen molar-refractivity contribution in [3.63, 3.8) is 0 Å². The maximum Gasteiger partial charge on any atom is 0.249 e. The molecule has 6 heteroatoms. The molecule has 0 bridgehead atoms. The molecule has 0 aromatic heterocycles. The van der Waals surface area contributed by atoms with Gasteiger partial charge in [-0.3, -0.25) is 4.79 Å². The fraction of sp³-hybridized carbons (Fsp3) is 0.235. The summed E-state index contributed by atoms with van der Waals surface area (Å²) in [6.45, 7) is 0.315. The Morgan fingerprint density at radius 3 is 2.43 bits per heavy atom. The van der Waals surface area contributed by atoms with Crippen LogP contribution in [-0.4, -0.2) is 29.3 Å². The summed E-state index contributed by atoms with van der Waals surface area (Å²) in [6.07, 6.45) is -3.12. The van der Waals surface area contributed by atoms with E-state index in [1.807, 2.05) is 30.3 Å². The lowest BCUT2D eigenvalue weighted by Gasteiger charge is -2.17. The standard InChI is InChI=1S/C17H19NO5/c1-22-13-8-7-12(15(19)16(20)17(18)21)9-14(13)23-10-11-5-3-2-4-6-11/h2-9,15-16,19-20H,10H2,1H3,(H2,18,21). The second-order valence-electron chi connectivity index (χ2n) is 4.98. The lowest BCUT2D eigenvalue weighted by molar-refractivity contribution is -0.131. The summed E-state index contributed by atoms with van der Waals surface area (Å²) in [4.78, 5) is 11.0. The summed E-state index contributed by atoms with van der Waals surface area (Å²) in [5, 5.41) is 19.6. The van der Waals surface area contributed by atoms with Gasteiger partial charge in [0.05, 0.1) is 7.11 Å². The zero-order chi connectivity index (χ0) is 16.8. The van der Waals surface area contributed by atoms with Crippen molar-refractivity contribution in [2.75, 3.05) is 7.11 Å². The van der Waals surface area contributed by atoms with E-state index in [1.165, 1.54) is 19.2 Å². The van der Waals surface area contributed by atoms with Crippen LogP contribution < -0.4 is 15.2 Å². The van der Waals surface area contributed by atoms with E-state index in [4.69, 9.17) is 15.2 Å². The highest BCUT2D eigenvalue weighted by molar-refractivity contribution is 5.79. The molecule has 0 fully saturated rings. The molecule has 2 rings (SSSR count). The maximum absolute atomic E-state index is 11.0. The molecule has 2 aromatic carbocycles. The molecule has 4 N–H and O–H groups in total. The van der Waals surface area contributed by atoms with Gasteiger partial charge in [0, 0.05) is 0 Å². The van der Waals surface area contributed by atoms with E-state index in [2.05, 4.69) is 0 Å². The quantitative estimate of drug-likeness (QED) is 0.711. The fourth-order valence-corrected chi connectivity index (χ4v) is 2.06. The van der Waals surface area contributed by atoms with E-state index in [0.29, 0.717) is 23.7 Å². The summed E-state index contributed by atoms with van der Waals surface area (Å²) in [6, 6.07) is 14.2. The third-order valence-corrected chi connectivity index (χ3v) is 3.36. The van der Waals surface area contributed by atoms with Crippen LogP contribution in [-0.2, 0) is 11.4 Å². The summed E-state index contributed by atoms with van der Waals surface area (Å²) >= 11 is 0. The third kappa shape index (κ3) is 4.21. The van der Waals surface area contributed by atoms with Crippen LogP contribution in [0.1, 0.15) is 17.2 Å². The van der Waals surface area contributed by atoms with Gasteiger partial charge in [-0.25, -0.2) is 0 Å².